The highest BCUT2D eigenvalue weighted by Gasteiger charge is 2.34. The second-order valence-electron chi connectivity index (χ2n) is 5.07. The summed E-state index contributed by atoms with van der Waals surface area (Å²) in [5.41, 5.74) is 0. The van der Waals surface area contributed by atoms with Crippen LogP contribution >= 0.6 is 0 Å². The molecule has 1 aliphatic rings. The molecule has 0 spiro atoms. The van der Waals surface area contributed by atoms with Gasteiger partial charge in [-0.3, -0.25) is 0 Å². The number of rotatable bonds is 4. The second kappa shape index (κ2) is 6.07. The lowest BCUT2D eigenvalue weighted by molar-refractivity contribution is 0.0638. The summed E-state index contributed by atoms with van der Waals surface area (Å²) >= 11 is 0. The minimum absolute atomic E-state index is 0.150. The van der Waals surface area contributed by atoms with Crippen molar-refractivity contribution in [3.05, 3.63) is 18.3 Å². The van der Waals surface area contributed by atoms with E-state index < -0.39 is 16.1 Å². The number of hydrogen-bond acceptors (Lipinski definition) is 5. The summed E-state index contributed by atoms with van der Waals surface area (Å²) in [4.78, 5) is 4.18. The van der Waals surface area contributed by atoms with Crippen LogP contribution in [0.1, 0.15) is 25.7 Å². The molecule has 1 fully saturated rings. The molecule has 2 unspecified atom stereocenters. The van der Waals surface area contributed by atoms with Crippen molar-refractivity contribution >= 4 is 15.8 Å². The van der Waals surface area contributed by atoms with Gasteiger partial charge in [-0.25, -0.2) is 13.4 Å². The van der Waals surface area contributed by atoms with E-state index in [1.165, 1.54) is 23.6 Å². The molecule has 0 saturated heterocycles. The zero-order valence-electron chi connectivity index (χ0n) is 11.8. The Labute approximate surface area is 119 Å². The van der Waals surface area contributed by atoms with Crippen LogP contribution in [0, 0.1) is 0 Å². The molecular weight excluding hydrogens is 278 g/mol. The third-order valence-electron chi connectivity index (χ3n) is 3.83. The van der Waals surface area contributed by atoms with Crippen molar-refractivity contribution in [2.45, 2.75) is 42.7 Å². The first-order chi connectivity index (χ1) is 9.46. The Kier molecular flexibility index (Phi) is 4.62. The van der Waals surface area contributed by atoms with Crippen molar-refractivity contribution in [3.8, 4) is 0 Å². The van der Waals surface area contributed by atoms with Gasteiger partial charge in [-0.05, 0) is 25.0 Å². The highest BCUT2D eigenvalue weighted by atomic mass is 32.2. The highest BCUT2D eigenvalue weighted by Crippen LogP contribution is 2.26. The van der Waals surface area contributed by atoms with Gasteiger partial charge in [-0.2, -0.15) is 4.31 Å². The molecule has 0 bridgehead atoms. The number of hydrogen-bond donors (Lipinski definition) is 2. The van der Waals surface area contributed by atoms with Gasteiger partial charge in [-0.15, -0.1) is 0 Å². The number of aliphatic hydroxyl groups excluding tert-OH is 1. The molecule has 20 heavy (non-hydrogen) atoms. The number of aromatic nitrogens is 1. The third-order valence-corrected chi connectivity index (χ3v) is 5.70. The van der Waals surface area contributed by atoms with Gasteiger partial charge < -0.3 is 10.4 Å². The van der Waals surface area contributed by atoms with Crippen LogP contribution in [0.5, 0.6) is 0 Å². The minimum Gasteiger partial charge on any atom is -0.391 e. The molecule has 1 aliphatic carbocycles. The number of nitrogens with zero attached hydrogens (tertiary/aromatic N) is 2. The Bertz CT molecular complexity index is 544. The fraction of sp³-hybridized carbons (Fsp3) is 0.615. The number of nitrogens with one attached hydrogen (secondary N) is 1. The molecule has 6 nitrogen and oxygen atoms in total. The number of sulfonamides is 1. The third kappa shape index (κ3) is 2.94. The van der Waals surface area contributed by atoms with Gasteiger partial charge in [0.15, 0.2) is 0 Å². The number of likely N-dealkylation sites (N-methyl/N-ethyl adjacent to an activating group) is 1. The second-order valence-corrected chi connectivity index (χ2v) is 7.07. The maximum atomic E-state index is 12.5. The Balaban J connectivity index is 2.23. The van der Waals surface area contributed by atoms with Crippen molar-refractivity contribution in [1.29, 1.82) is 0 Å². The first-order valence-corrected chi connectivity index (χ1v) is 8.20. The van der Waals surface area contributed by atoms with Gasteiger partial charge in [0.1, 0.15) is 10.7 Å². The van der Waals surface area contributed by atoms with Gasteiger partial charge >= 0.3 is 0 Å². The van der Waals surface area contributed by atoms with Crippen LogP contribution in [-0.4, -0.2) is 49.1 Å². The van der Waals surface area contributed by atoms with E-state index in [1.54, 1.807) is 13.1 Å². The molecule has 0 aromatic carbocycles. The summed E-state index contributed by atoms with van der Waals surface area (Å²) in [6.07, 6.45) is 3.99. The average molecular weight is 299 g/mol. The summed E-state index contributed by atoms with van der Waals surface area (Å²) in [6, 6.07) is 2.80. The first kappa shape index (κ1) is 15.2. The van der Waals surface area contributed by atoms with Gasteiger partial charge in [0, 0.05) is 20.3 Å². The Morgan fingerprint density at radius 3 is 2.60 bits per heavy atom. The zero-order valence-corrected chi connectivity index (χ0v) is 12.6. The number of anilines is 1. The molecule has 0 amide bonds. The predicted molar refractivity (Wildman–Crippen MR) is 77.0 cm³/mol. The Morgan fingerprint density at radius 2 is 2.05 bits per heavy atom. The van der Waals surface area contributed by atoms with Crippen LogP contribution in [0.2, 0.25) is 0 Å². The molecule has 112 valence electrons. The molecular formula is C13H21N3O3S. The van der Waals surface area contributed by atoms with E-state index in [9.17, 15) is 13.5 Å². The maximum absolute atomic E-state index is 12.5. The molecule has 2 rings (SSSR count). The molecule has 7 heteroatoms. The van der Waals surface area contributed by atoms with Gasteiger partial charge in [0.2, 0.25) is 10.0 Å². The smallest absolute Gasteiger partial charge is 0.244 e. The topological polar surface area (TPSA) is 82.5 Å². The average Bonchev–Trinajstić information content (AvgIpc) is 2.47. The van der Waals surface area contributed by atoms with Crippen molar-refractivity contribution in [2.75, 3.05) is 19.4 Å². The van der Waals surface area contributed by atoms with E-state index in [-0.39, 0.29) is 10.9 Å². The number of pyridine rings is 1. The molecule has 1 aromatic rings. The van der Waals surface area contributed by atoms with E-state index in [2.05, 4.69) is 10.3 Å². The summed E-state index contributed by atoms with van der Waals surface area (Å²) in [7, 11) is -0.362. The van der Waals surface area contributed by atoms with Crippen molar-refractivity contribution in [2.24, 2.45) is 0 Å². The summed E-state index contributed by atoms with van der Waals surface area (Å²) in [5, 5.41) is 12.8. The normalized spacial score (nSPS) is 23.8. The molecule has 2 N–H and O–H groups in total. The van der Waals surface area contributed by atoms with E-state index in [1.807, 2.05) is 0 Å². The van der Waals surface area contributed by atoms with Gasteiger partial charge in [0.25, 0.3) is 0 Å². The molecule has 0 radical (unpaired) electrons. The predicted octanol–water partition coefficient (Wildman–Crippen LogP) is 1.05. The van der Waals surface area contributed by atoms with Gasteiger partial charge in [0.05, 0.1) is 12.1 Å². The Morgan fingerprint density at radius 1 is 1.35 bits per heavy atom. The van der Waals surface area contributed by atoms with Crippen LogP contribution in [0.15, 0.2) is 23.2 Å². The van der Waals surface area contributed by atoms with E-state index in [0.717, 1.165) is 12.8 Å². The highest BCUT2D eigenvalue weighted by molar-refractivity contribution is 7.89. The summed E-state index contributed by atoms with van der Waals surface area (Å²) in [5.74, 6) is 0.615. The molecule has 1 saturated carbocycles. The van der Waals surface area contributed by atoms with Crippen molar-refractivity contribution in [3.63, 3.8) is 0 Å². The largest absolute Gasteiger partial charge is 0.391 e. The lowest BCUT2D eigenvalue weighted by atomic mass is 9.93. The molecule has 2 atom stereocenters. The lowest BCUT2D eigenvalue weighted by Gasteiger charge is -2.34. The summed E-state index contributed by atoms with van der Waals surface area (Å²) in [6.45, 7) is 0. The molecule has 1 aromatic heterocycles. The lowest BCUT2D eigenvalue weighted by Crippen LogP contribution is -2.46. The maximum Gasteiger partial charge on any atom is 0.244 e. The van der Waals surface area contributed by atoms with E-state index >= 15 is 0 Å². The quantitative estimate of drug-likeness (QED) is 0.868. The van der Waals surface area contributed by atoms with E-state index in [4.69, 9.17) is 0 Å². The molecule has 0 aliphatic heterocycles. The van der Waals surface area contributed by atoms with Crippen LogP contribution in [-0.2, 0) is 10.0 Å². The van der Waals surface area contributed by atoms with Gasteiger partial charge in [-0.1, -0.05) is 12.8 Å². The fourth-order valence-corrected chi connectivity index (χ4v) is 3.90. The minimum atomic E-state index is -3.61. The van der Waals surface area contributed by atoms with Crippen LogP contribution < -0.4 is 5.32 Å². The van der Waals surface area contributed by atoms with Crippen molar-refractivity contribution < 1.29 is 13.5 Å². The first-order valence-electron chi connectivity index (χ1n) is 6.76. The monoisotopic (exact) mass is 299 g/mol. The fourth-order valence-electron chi connectivity index (χ4n) is 2.54. The molecule has 1 heterocycles. The van der Waals surface area contributed by atoms with Crippen molar-refractivity contribution in [1.82, 2.24) is 9.29 Å². The zero-order chi connectivity index (χ0) is 14.8. The Hall–Kier alpha value is -1.18. The standard InChI is InChI=1S/C13H21N3O3S/c1-14-13-8-7-10(9-15-13)20(18,19)16(2)11-5-3-4-6-12(11)17/h7-9,11-12,17H,3-6H2,1-2H3,(H,14,15). The van der Waals surface area contributed by atoms with E-state index in [0.29, 0.717) is 18.7 Å². The van der Waals surface area contributed by atoms with Crippen LogP contribution in [0.25, 0.3) is 0 Å². The summed E-state index contributed by atoms with van der Waals surface area (Å²) < 4.78 is 26.3. The van der Waals surface area contributed by atoms with Crippen LogP contribution in [0.3, 0.4) is 0 Å². The number of aliphatic hydroxyl groups is 1. The van der Waals surface area contributed by atoms with Crippen LogP contribution in [0.4, 0.5) is 5.82 Å². The SMILES string of the molecule is CNc1ccc(S(=O)(=O)N(C)C2CCCCC2O)cn1.